The van der Waals surface area contributed by atoms with Gasteiger partial charge in [-0.2, -0.15) is 0 Å². The molecule has 0 unspecified atom stereocenters. The lowest BCUT2D eigenvalue weighted by Crippen LogP contribution is -2.37. The Morgan fingerprint density at radius 3 is 2.75 bits per heavy atom. The van der Waals surface area contributed by atoms with Crippen molar-refractivity contribution in [3.8, 4) is 6.08 Å². The van der Waals surface area contributed by atoms with Crippen molar-refractivity contribution in [3.05, 3.63) is 5.89 Å². The average molecular weight is 352 g/mol. The number of halogens is 3. The summed E-state index contributed by atoms with van der Waals surface area (Å²) < 4.78 is 49.3. The van der Waals surface area contributed by atoms with Gasteiger partial charge in [0.25, 0.3) is 0 Å². The van der Waals surface area contributed by atoms with E-state index in [1.807, 2.05) is 11.9 Å². The topological polar surface area (TPSA) is 104 Å². The minimum absolute atomic E-state index is 0.134. The molecule has 2 N–H and O–H groups in total. The molecule has 1 aromatic rings. The fraction of sp³-hybridized carbons (Fsp3) is 0.769. The standard InChI is InChI=1S/C13H19F3N4O4/c1-20-7-8(6-10(17)21)2-3-9(20)11-18-19-12(24-11)22-4-5-23-13(14,15)16/h8-9H,2-7H2,1H3,(H2,17,21)/t8-,9+/m0/s1. The zero-order valence-electron chi connectivity index (χ0n) is 13.1. The molecule has 2 atom stereocenters. The van der Waals surface area contributed by atoms with Gasteiger partial charge >= 0.3 is 12.4 Å². The number of amides is 1. The Kier molecular flexibility index (Phi) is 5.99. The number of nitrogens with two attached hydrogens (primary N) is 1. The lowest BCUT2D eigenvalue weighted by atomic mass is 9.90. The third-order valence-corrected chi connectivity index (χ3v) is 3.70. The van der Waals surface area contributed by atoms with Crippen LogP contribution in [0.3, 0.4) is 0 Å². The maximum Gasteiger partial charge on any atom is 0.522 e. The van der Waals surface area contributed by atoms with Crippen LogP contribution in [0, 0.1) is 5.92 Å². The van der Waals surface area contributed by atoms with E-state index in [4.69, 9.17) is 14.9 Å². The van der Waals surface area contributed by atoms with Crippen LogP contribution in [0.25, 0.3) is 0 Å². The summed E-state index contributed by atoms with van der Waals surface area (Å²) >= 11 is 0. The third-order valence-electron chi connectivity index (χ3n) is 3.70. The highest BCUT2D eigenvalue weighted by Gasteiger charge is 2.31. The molecule has 0 aromatic carbocycles. The Morgan fingerprint density at radius 1 is 1.38 bits per heavy atom. The van der Waals surface area contributed by atoms with Crippen LogP contribution in [0.4, 0.5) is 13.2 Å². The quantitative estimate of drug-likeness (QED) is 0.736. The van der Waals surface area contributed by atoms with Crippen molar-refractivity contribution in [3.63, 3.8) is 0 Å². The van der Waals surface area contributed by atoms with Crippen molar-refractivity contribution >= 4 is 5.91 Å². The van der Waals surface area contributed by atoms with Crippen LogP contribution in [0.5, 0.6) is 6.08 Å². The number of alkyl halides is 3. The van der Waals surface area contributed by atoms with Gasteiger partial charge in [-0.15, -0.1) is 18.3 Å². The van der Waals surface area contributed by atoms with Crippen molar-refractivity contribution in [2.75, 3.05) is 26.8 Å². The van der Waals surface area contributed by atoms with E-state index in [1.54, 1.807) is 0 Å². The number of piperidine rings is 1. The van der Waals surface area contributed by atoms with Gasteiger partial charge in [-0.1, -0.05) is 5.10 Å². The molecule has 2 rings (SSSR count). The van der Waals surface area contributed by atoms with Crippen LogP contribution in [0.15, 0.2) is 4.42 Å². The molecule has 24 heavy (non-hydrogen) atoms. The number of nitrogens with zero attached hydrogens (tertiary/aromatic N) is 3. The van der Waals surface area contributed by atoms with Crippen molar-refractivity contribution in [1.29, 1.82) is 0 Å². The Hall–Kier alpha value is -1.88. The summed E-state index contributed by atoms with van der Waals surface area (Å²) in [5, 5.41) is 7.52. The van der Waals surface area contributed by atoms with Gasteiger partial charge in [0.2, 0.25) is 11.8 Å². The maximum absolute atomic E-state index is 11.8. The summed E-state index contributed by atoms with van der Waals surface area (Å²) in [7, 11) is 1.86. The molecule has 136 valence electrons. The van der Waals surface area contributed by atoms with Gasteiger partial charge in [-0.25, -0.2) is 0 Å². The number of aromatic nitrogens is 2. The van der Waals surface area contributed by atoms with Crippen LogP contribution in [-0.2, 0) is 9.53 Å². The largest absolute Gasteiger partial charge is 0.522 e. The number of carbonyl (C=O) groups excluding carboxylic acids is 1. The third kappa shape index (κ3) is 5.64. The smallest absolute Gasteiger partial charge is 0.447 e. The van der Waals surface area contributed by atoms with Crippen LogP contribution in [-0.4, -0.2) is 54.2 Å². The van der Waals surface area contributed by atoms with Gasteiger partial charge in [0, 0.05) is 13.0 Å². The summed E-state index contributed by atoms with van der Waals surface area (Å²) in [5.41, 5.74) is 5.21. The predicted molar refractivity (Wildman–Crippen MR) is 73.7 cm³/mol. The minimum atomic E-state index is -4.70. The maximum atomic E-state index is 11.8. The molecule has 1 saturated heterocycles. The predicted octanol–water partition coefficient (Wildman–Crippen LogP) is 1.24. The first-order valence-corrected chi connectivity index (χ1v) is 7.40. The Balaban J connectivity index is 1.81. The first-order valence-electron chi connectivity index (χ1n) is 7.40. The van der Waals surface area contributed by atoms with Gasteiger partial charge in [0.05, 0.1) is 12.6 Å². The van der Waals surface area contributed by atoms with E-state index in [1.165, 1.54) is 0 Å². The molecule has 11 heteroatoms. The number of ether oxygens (including phenoxy) is 2. The summed E-state index contributed by atoms with van der Waals surface area (Å²) in [6.07, 6.45) is -3.09. The summed E-state index contributed by atoms with van der Waals surface area (Å²) in [4.78, 5) is 13.0. The zero-order chi connectivity index (χ0) is 17.7. The Bertz CT molecular complexity index is 552. The molecule has 1 amide bonds. The Morgan fingerprint density at radius 2 is 2.12 bits per heavy atom. The molecule has 0 spiro atoms. The lowest BCUT2D eigenvalue weighted by Gasteiger charge is -2.34. The van der Waals surface area contributed by atoms with E-state index in [-0.39, 0.29) is 30.6 Å². The molecule has 1 aromatic heterocycles. The van der Waals surface area contributed by atoms with Crippen molar-refractivity contribution in [2.24, 2.45) is 11.7 Å². The number of likely N-dealkylation sites (tertiary alicyclic amines) is 1. The number of primary amides is 1. The molecular formula is C13H19F3N4O4. The number of rotatable bonds is 7. The Labute approximate surface area is 136 Å². The number of hydrogen-bond acceptors (Lipinski definition) is 7. The molecule has 1 aliphatic rings. The van der Waals surface area contributed by atoms with Gasteiger partial charge in [-0.05, 0) is 25.8 Å². The first-order chi connectivity index (χ1) is 11.2. The molecule has 1 fully saturated rings. The van der Waals surface area contributed by atoms with Gasteiger partial charge in [-0.3, -0.25) is 14.4 Å². The van der Waals surface area contributed by atoms with Crippen molar-refractivity contribution < 1.29 is 31.9 Å². The zero-order valence-corrected chi connectivity index (χ0v) is 13.1. The SMILES string of the molecule is CN1C[C@H](CC(N)=O)CC[C@@H]1c1nnc(OCCOC(F)(F)F)o1. The molecular weight excluding hydrogens is 333 g/mol. The fourth-order valence-corrected chi connectivity index (χ4v) is 2.70. The lowest BCUT2D eigenvalue weighted by molar-refractivity contribution is -0.325. The van der Waals surface area contributed by atoms with Crippen LogP contribution in [0.1, 0.15) is 31.2 Å². The minimum Gasteiger partial charge on any atom is -0.447 e. The van der Waals surface area contributed by atoms with Crippen LogP contribution in [0.2, 0.25) is 0 Å². The van der Waals surface area contributed by atoms with E-state index in [0.29, 0.717) is 25.3 Å². The second kappa shape index (κ2) is 7.79. The van der Waals surface area contributed by atoms with E-state index in [0.717, 1.165) is 6.42 Å². The fourth-order valence-electron chi connectivity index (χ4n) is 2.70. The van der Waals surface area contributed by atoms with E-state index in [2.05, 4.69) is 14.9 Å². The molecule has 8 nitrogen and oxygen atoms in total. The average Bonchev–Trinajstić information content (AvgIpc) is 2.90. The monoisotopic (exact) mass is 352 g/mol. The van der Waals surface area contributed by atoms with Crippen molar-refractivity contribution in [2.45, 2.75) is 31.7 Å². The molecule has 0 saturated carbocycles. The summed E-state index contributed by atoms with van der Waals surface area (Å²) in [6.45, 7) is -0.368. The second-order valence-electron chi connectivity index (χ2n) is 5.62. The number of carbonyl (C=O) groups is 1. The second-order valence-corrected chi connectivity index (χ2v) is 5.62. The van der Waals surface area contributed by atoms with Gasteiger partial charge in [0.15, 0.2) is 0 Å². The van der Waals surface area contributed by atoms with Gasteiger partial charge < -0.3 is 14.9 Å². The summed E-state index contributed by atoms with van der Waals surface area (Å²) in [5.74, 6) is 0.171. The van der Waals surface area contributed by atoms with E-state index in [9.17, 15) is 18.0 Å². The number of hydrogen-bond donors (Lipinski definition) is 1. The van der Waals surface area contributed by atoms with E-state index < -0.39 is 13.0 Å². The normalized spacial score (nSPS) is 22.5. The molecule has 0 bridgehead atoms. The highest BCUT2D eigenvalue weighted by Crippen LogP contribution is 2.33. The highest BCUT2D eigenvalue weighted by molar-refractivity contribution is 5.74. The van der Waals surface area contributed by atoms with Crippen LogP contribution >= 0.6 is 0 Å². The van der Waals surface area contributed by atoms with Crippen molar-refractivity contribution in [1.82, 2.24) is 15.1 Å². The van der Waals surface area contributed by atoms with Crippen LogP contribution < -0.4 is 10.5 Å². The van der Waals surface area contributed by atoms with E-state index >= 15 is 0 Å². The first kappa shape index (κ1) is 18.5. The highest BCUT2D eigenvalue weighted by atomic mass is 19.4. The molecule has 1 aliphatic heterocycles. The summed E-state index contributed by atoms with van der Waals surface area (Å²) in [6, 6.07) is -0.134. The molecule has 2 heterocycles. The van der Waals surface area contributed by atoms with Gasteiger partial charge in [0.1, 0.15) is 6.61 Å². The molecule has 0 radical (unpaired) electrons. The molecule has 0 aliphatic carbocycles.